The van der Waals surface area contributed by atoms with Gasteiger partial charge in [-0.05, 0) is 79.6 Å². The normalized spacial score (nSPS) is 15.0. The second-order valence-electron chi connectivity index (χ2n) is 11.4. The lowest BCUT2D eigenvalue weighted by Crippen LogP contribution is -2.38. The largest absolute Gasteiger partial charge is 0.490 e. The number of ether oxygens (including phenoxy) is 1. The third-order valence-corrected chi connectivity index (χ3v) is 7.06. The van der Waals surface area contributed by atoms with Gasteiger partial charge in [0.2, 0.25) is 0 Å². The lowest BCUT2D eigenvalue weighted by molar-refractivity contribution is -0.145. The molecule has 9 nitrogen and oxygen atoms in total. The van der Waals surface area contributed by atoms with Gasteiger partial charge in [-0.1, -0.05) is 32.9 Å². The van der Waals surface area contributed by atoms with Crippen molar-refractivity contribution in [3.8, 4) is 23.3 Å². The second kappa shape index (κ2) is 11.5. The molecular weight excluding hydrogens is 494 g/mol. The number of aliphatic carboxylic acids is 1. The molecule has 1 aromatic heterocycles. The summed E-state index contributed by atoms with van der Waals surface area (Å²) in [6, 6.07) is 13.8. The number of carboxylic acid groups (broad SMARTS) is 1. The van der Waals surface area contributed by atoms with E-state index in [1.165, 1.54) is 5.56 Å². The lowest BCUT2D eigenvalue weighted by Gasteiger charge is -2.30. The van der Waals surface area contributed by atoms with Gasteiger partial charge < -0.3 is 24.6 Å². The Morgan fingerprint density at radius 2 is 2.00 bits per heavy atom. The number of aromatic nitrogens is 2. The molecule has 2 aromatic carbocycles. The molecule has 1 aliphatic heterocycles. The van der Waals surface area contributed by atoms with Gasteiger partial charge >= 0.3 is 5.97 Å². The molecule has 0 bridgehead atoms. The highest BCUT2D eigenvalue weighted by atomic mass is 16.5. The smallest absolute Gasteiger partial charge is 0.308 e. The first kappa shape index (κ1) is 28.1. The number of nitrogens with zero attached hydrogens (tertiary/aromatic N) is 4. The molecule has 0 saturated heterocycles. The monoisotopic (exact) mass is 531 g/mol. The number of anilines is 2. The van der Waals surface area contributed by atoms with Gasteiger partial charge in [-0.2, -0.15) is 10.2 Å². The number of carboxylic acids is 1. The van der Waals surface area contributed by atoms with Crippen molar-refractivity contribution in [2.24, 2.45) is 11.3 Å². The zero-order valence-corrected chi connectivity index (χ0v) is 23.5. The fourth-order valence-electron chi connectivity index (χ4n) is 4.82. The summed E-state index contributed by atoms with van der Waals surface area (Å²) in [4.78, 5) is 18.4. The van der Waals surface area contributed by atoms with Gasteiger partial charge in [-0.3, -0.25) is 4.79 Å². The standard InChI is InChI=1S/C30H37N5O4/c1-18(2)38-26-12-10-22(15-23(26)16-31)27-33-29(34-39-27)35-13-7-8-21-14-20(9-11-25(21)35)19(3)32-17-24(28(36)37)30(4,5)6/h9-12,14-15,18-19,24,32H,7-8,13,17H2,1-6H3,(H,36,37). The van der Waals surface area contributed by atoms with E-state index in [1.807, 2.05) is 40.7 Å². The lowest BCUT2D eigenvalue weighted by atomic mass is 9.80. The quantitative estimate of drug-likeness (QED) is 0.348. The third kappa shape index (κ3) is 6.40. The number of benzene rings is 2. The molecule has 1 aliphatic rings. The predicted molar refractivity (Wildman–Crippen MR) is 149 cm³/mol. The molecule has 0 spiro atoms. The Balaban J connectivity index is 1.52. The highest BCUT2D eigenvalue weighted by Crippen LogP contribution is 2.35. The fraction of sp³-hybridized carbons (Fsp3) is 0.467. The van der Waals surface area contributed by atoms with Crippen LogP contribution in [0.3, 0.4) is 0 Å². The molecule has 0 amide bonds. The van der Waals surface area contributed by atoms with Gasteiger partial charge in [0.1, 0.15) is 11.8 Å². The molecule has 206 valence electrons. The summed E-state index contributed by atoms with van der Waals surface area (Å²) in [6.45, 7) is 12.9. The summed E-state index contributed by atoms with van der Waals surface area (Å²) in [5, 5.41) is 26.9. The van der Waals surface area contributed by atoms with Crippen LogP contribution in [0.15, 0.2) is 40.9 Å². The van der Waals surface area contributed by atoms with Crippen molar-refractivity contribution >= 4 is 17.6 Å². The molecule has 0 saturated carbocycles. The van der Waals surface area contributed by atoms with Crippen molar-refractivity contribution < 1.29 is 19.2 Å². The first-order valence-electron chi connectivity index (χ1n) is 13.4. The SMILES string of the molecule is CC(C)Oc1ccc(-c2nc(N3CCCc4cc(C(C)NCC(C(=O)O)C(C)(C)C)ccc43)no2)cc1C#N. The Labute approximate surface area is 229 Å². The first-order chi connectivity index (χ1) is 18.5. The predicted octanol–water partition coefficient (Wildman–Crippen LogP) is 5.88. The number of rotatable bonds is 9. The van der Waals surface area contributed by atoms with Gasteiger partial charge in [-0.25, -0.2) is 0 Å². The zero-order chi connectivity index (χ0) is 28.3. The van der Waals surface area contributed by atoms with E-state index >= 15 is 0 Å². The van der Waals surface area contributed by atoms with Crippen LogP contribution < -0.4 is 15.0 Å². The number of hydrogen-bond donors (Lipinski definition) is 2. The van der Waals surface area contributed by atoms with Crippen molar-refractivity contribution in [1.82, 2.24) is 15.5 Å². The van der Waals surface area contributed by atoms with E-state index in [1.54, 1.807) is 12.1 Å². The molecule has 2 unspecified atom stereocenters. The number of nitriles is 1. The minimum atomic E-state index is -0.786. The summed E-state index contributed by atoms with van der Waals surface area (Å²) in [5.74, 6) is 0.0684. The van der Waals surface area contributed by atoms with Crippen LogP contribution in [0.2, 0.25) is 0 Å². The first-order valence-corrected chi connectivity index (χ1v) is 13.4. The van der Waals surface area contributed by atoms with Crippen molar-refractivity contribution in [2.75, 3.05) is 18.0 Å². The molecule has 39 heavy (non-hydrogen) atoms. The summed E-state index contributed by atoms with van der Waals surface area (Å²) in [7, 11) is 0. The maximum atomic E-state index is 11.8. The van der Waals surface area contributed by atoms with Crippen molar-refractivity contribution in [3.63, 3.8) is 0 Å². The Morgan fingerprint density at radius 3 is 2.67 bits per heavy atom. The maximum absolute atomic E-state index is 11.8. The van der Waals surface area contributed by atoms with E-state index in [-0.39, 0.29) is 17.6 Å². The van der Waals surface area contributed by atoms with Crippen LogP contribution in [0.25, 0.3) is 11.5 Å². The van der Waals surface area contributed by atoms with Crippen LogP contribution in [0.4, 0.5) is 11.6 Å². The Morgan fingerprint density at radius 1 is 1.23 bits per heavy atom. The van der Waals surface area contributed by atoms with Crippen LogP contribution in [-0.2, 0) is 11.2 Å². The van der Waals surface area contributed by atoms with E-state index in [0.29, 0.717) is 35.3 Å². The number of carbonyl (C=O) groups is 1. The summed E-state index contributed by atoms with van der Waals surface area (Å²) in [5.41, 5.74) is 4.06. The topological polar surface area (TPSA) is 125 Å². The molecule has 0 radical (unpaired) electrons. The highest BCUT2D eigenvalue weighted by Gasteiger charge is 2.31. The van der Waals surface area contributed by atoms with Crippen molar-refractivity contribution in [1.29, 1.82) is 5.26 Å². The molecule has 2 heterocycles. The van der Waals surface area contributed by atoms with Crippen LogP contribution >= 0.6 is 0 Å². The van der Waals surface area contributed by atoms with Crippen LogP contribution in [-0.4, -0.2) is 40.4 Å². The van der Waals surface area contributed by atoms with E-state index in [4.69, 9.17) is 9.26 Å². The Kier molecular flexibility index (Phi) is 8.26. The molecule has 9 heteroatoms. The van der Waals surface area contributed by atoms with Crippen LogP contribution in [0.1, 0.15) is 70.7 Å². The number of nitrogens with one attached hydrogen (secondary N) is 1. The minimum absolute atomic E-state index is 0.00336. The van der Waals surface area contributed by atoms with Gasteiger partial charge in [-0.15, -0.1) is 0 Å². The molecule has 4 rings (SSSR count). The van der Waals surface area contributed by atoms with Gasteiger partial charge in [0.15, 0.2) is 0 Å². The van der Waals surface area contributed by atoms with Gasteiger partial charge in [0, 0.05) is 30.4 Å². The zero-order valence-electron chi connectivity index (χ0n) is 23.5. The molecule has 0 aliphatic carbocycles. The van der Waals surface area contributed by atoms with Crippen LogP contribution in [0, 0.1) is 22.7 Å². The molecule has 2 N–H and O–H groups in total. The summed E-state index contributed by atoms with van der Waals surface area (Å²) < 4.78 is 11.3. The fourth-order valence-corrected chi connectivity index (χ4v) is 4.82. The van der Waals surface area contributed by atoms with Crippen LogP contribution in [0.5, 0.6) is 5.75 Å². The van der Waals surface area contributed by atoms with E-state index in [0.717, 1.165) is 30.6 Å². The molecule has 0 fully saturated rings. The highest BCUT2D eigenvalue weighted by molar-refractivity contribution is 5.71. The van der Waals surface area contributed by atoms with Crippen molar-refractivity contribution in [3.05, 3.63) is 53.1 Å². The van der Waals surface area contributed by atoms with Gasteiger partial charge in [0.05, 0.1) is 17.6 Å². The third-order valence-electron chi connectivity index (χ3n) is 7.06. The molecule has 2 atom stereocenters. The van der Waals surface area contributed by atoms with Crippen molar-refractivity contribution in [2.45, 2.75) is 66.5 Å². The number of aryl methyl sites for hydroxylation is 1. The van der Waals surface area contributed by atoms with E-state index in [2.05, 4.69) is 51.5 Å². The summed E-state index contributed by atoms with van der Waals surface area (Å²) >= 11 is 0. The summed E-state index contributed by atoms with van der Waals surface area (Å²) in [6.07, 6.45) is 1.83. The average Bonchev–Trinajstić information content (AvgIpc) is 3.37. The second-order valence-corrected chi connectivity index (χ2v) is 11.4. The molecular formula is C30H37N5O4. The Hall–Kier alpha value is -3.90. The maximum Gasteiger partial charge on any atom is 0.308 e. The average molecular weight is 532 g/mol. The van der Waals surface area contributed by atoms with E-state index in [9.17, 15) is 15.2 Å². The Bertz CT molecular complexity index is 1370. The van der Waals surface area contributed by atoms with Gasteiger partial charge in [0.25, 0.3) is 11.8 Å². The number of hydrogen-bond acceptors (Lipinski definition) is 8. The van der Waals surface area contributed by atoms with E-state index < -0.39 is 11.9 Å². The minimum Gasteiger partial charge on any atom is -0.490 e. The number of fused-ring (bicyclic) bond motifs is 1. The molecule has 3 aromatic rings.